The molecule has 126 valence electrons. The van der Waals surface area contributed by atoms with Crippen LogP contribution in [-0.2, 0) is 14.4 Å². The molecular formula is C11H20N4O5S2. The van der Waals surface area contributed by atoms with E-state index >= 15 is 0 Å². The summed E-state index contributed by atoms with van der Waals surface area (Å²) >= 11 is 1.83. The molecule has 0 fully saturated rings. The van der Waals surface area contributed by atoms with Gasteiger partial charge in [0.15, 0.2) is 0 Å². The van der Waals surface area contributed by atoms with Gasteiger partial charge in [-0.15, -0.1) is 11.8 Å². The SMILES string of the molecule is CCOC(=O)N(C)SN(C)C(=O)O/N=C(\SC)C(=O)N(C)C. The number of rotatable bonds is 4. The van der Waals surface area contributed by atoms with Crippen molar-refractivity contribution in [1.82, 2.24) is 13.5 Å². The number of hydrogen-bond donors (Lipinski definition) is 0. The Morgan fingerprint density at radius 1 is 1.05 bits per heavy atom. The second-order valence-electron chi connectivity index (χ2n) is 3.93. The number of oxime groups is 1. The van der Waals surface area contributed by atoms with E-state index in [9.17, 15) is 14.4 Å². The average molecular weight is 352 g/mol. The Morgan fingerprint density at radius 2 is 1.59 bits per heavy atom. The van der Waals surface area contributed by atoms with Crippen LogP contribution >= 0.6 is 23.9 Å². The molecule has 0 saturated heterocycles. The van der Waals surface area contributed by atoms with Crippen molar-refractivity contribution < 1.29 is 24.0 Å². The van der Waals surface area contributed by atoms with E-state index in [0.29, 0.717) is 0 Å². The van der Waals surface area contributed by atoms with Crippen molar-refractivity contribution in [3.63, 3.8) is 0 Å². The van der Waals surface area contributed by atoms with Crippen LogP contribution in [-0.4, -0.2) is 77.7 Å². The van der Waals surface area contributed by atoms with Crippen LogP contribution in [0.5, 0.6) is 0 Å². The van der Waals surface area contributed by atoms with Gasteiger partial charge >= 0.3 is 12.2 Å². The van der Waals surface area contributed by atoms with Gasteiger partial charge in [0.05, 0.1) is 18.7 Å². The Balaban J connectivity index is 4.58. The summed E-state index contributed by atoms with van der Waals surface area (Å²) in [6, 6.07) is 0. The molecule has 0 bridgehead atoms. The molecule has 11 heteroatoms. The number of nitrogens with zero attached hydrogens (tertiary/aromatic N) is 4. The highest BCUT2D eigenvalue weighted by atomic mass is 32.2. The van der Waals surface area contributed by atoms with Gasteiger partial charge in [-0.05, 0) is 13.2 Å². The van der Waals surface area contributed by atoms with Crippen molar-refractivity contribution >= 4 is 47.0 Å². The van der Waals surface area contributed by atoms with Crippen molar-refractivity contribution in [3.8, 4) is 0 Å². The Hall–Kier alpha value is -1.62. The molecule has 0 radical (unpaired) electrons. The lowest BCUT2D eigenvalue weighted by Crippen LogP contribution is -2.30. The van der Waals surface area contributed by atoms with Crippen molar-refractivity contribution in [3.05, 3.63) is 0 Å². The minimum Gasteiger partial charge on any atom is -0.449 e. The lowest BCUT2D eigenvalue weighted by Gasteiger charge is -2.20. The number of ether oxygens (including phenoxy) is 1. The molecule has 22 heavy (non-hydrogen) atoms. The highest BCUT2D eigenvalue weighted by molar-refractivity contribution is 8.15. The minimum atomic E-state index is -0.834. The summed E-state index contributed by atoms with van der Waals surface area (Å²) in [6.45, 7) is 1.90. The molecule has 0 aliphatic carbocycles. The molecule has 0 spiro atoms. The first-order valence-corrected chi connectivity index (χ1v) is 8.06. The van der Waals surface area contributed by atoms with Gasteiger partial charge in [-0.3, -0.25) is 9.63 Å². The van der Waals surface area contributed by atoms with Gasteiger partial charge in [-0.2, -0.15) is 0 Å². The molecule has 0 aromatic carbocycles. The van der Waals surface area contributed by atoms with E-state index in [1.807, 2.05) is 0 Å². The van der Waals surface area contributed by atoms with Crippen molar-refractivity contribution in [1.29, 1.82) is 0 Å². The predicted octanol–water partition coefficient (Wildman–Crippen LogP) is 1.47. The van der Waals surface area contributed by atoms with Crippen LogP contribution < -0.4 is 0 Å². The van der Waals surface area contributed by atoms with Gasteiger partial charge in [0.25, 0.3) is 5.91 Å². The van der Waals surface area contributed by atoms with E-state index in [1.165, 1.54) is 19.0 Å². The number of amides is 3. The molecule has 0 aromatic rings. The Morgan fingerprint density at radius 3 is 2.05 bits per heavy atom. The first-order chi connectivity index (χ1) is 10.2. The molecular weight excluding hydrogens is 332 g/mol. The van der Waals surface area contributed by atoms with Crippen LogP contribution in [0.3, 0.4) is 0 Å². The number of thioether (sulfide) groups is 1. The topological polar surface area (TPSA) is 91.7 Å². The maximum Gasteiger partial charge on any atom is 0.447 e. The monoisotopic (exact) mass is 352 g/mol. The van der Waals surface area contributed by atoms with E-state index in [4.69, 9.17) is 4.74 Å². The zero-order valence-electron chi connectivity index (χ0n) is 13.4. The molecule has 0 aromatic heterocycles. The Labute approximate surface area is 138 Å². The summed E-state index contributed by atoms with van der Waals surface area (Å²) in [5, 5.41) is 3.56. The first kappa shape index (κ1) is 20.4. The molecule has 9 nitrogen and oxygen atoms in total. The summed E-state index contributed by atoms with van der Waals surface area (Å²) in [6.07, 6.45) is 0.212. The van der Waals surface area contributed by atoms with Gasteiger partial charge in [-0.1, -0.05) is 5.16 Å². The van der Waals surface area contributed by atoms with Crippen LogP contribution in [0, 0.1) is 0 Å². The van der Waals surface area contributed by atoms with Crippen LogP contribution in [0.2, 0.25) is 0 Å². The second kappa shape index (κ2) is 10.2. The van der Waals surface area contributed by atoms with Gasteiger partial charge in [-0.25, -0.2) is 18.2 Å². The Bertz CT molecular complexity index is 444. The fourth-order valence-electron chi connectivity index (χ4n) is 0.958. The number of carbonyl (C=O) groups excluding carboxylic acids is 3. The van der Waals surface area contributed by atoms with E-state index in [1.54, 1.807) is 27.3 Å². The first-order valence-electron chi connectivity index (χ1n) is 6.11. The molecule has 0 rings (SSSR count). The lowest BCUT2D eigenvalue weighted by molar-refractivity contribution is -0.121. The zero-order chi connectivity index (χ0) is 17.3. The van der Waals surface area contributed by atoms with Crippen LogP contribution in [0.25, 0.3) is 0 Å². The lowest BCUT2D eigenvalue weighted by atomic mass is 10.6. The normalized spacial score (nSPS) is 10.7. The second-order valence-corrected chi connectivity index (χ2v) is 5.99. The summed E-state index contributed by atoms with van der Waals surface area (Å²) in [7, 11) is 5.96. The maximum absolute atomic E-state index is 11.7. The highest BCUT2D eigenvalue weighted by Gasteiger charge is 2.20. The average Bonchev–Trinajstić information content (AvgIpc) is 2.47. The van der Waals surface area contributed by atoms with E-state index in [-0.39, 0.29) is 17.6 Å². The smallest absolute Gasteiger partial charge is 0.447 e. The zero-order valence-corrected chi connectivity index (χ0v) is 15.0. The fraction of sp³-hybridized carbons (Fsp3) is 0.636. The third-order valence-electron chi connectivity index (χ3n) is 2.02. The summed E-state index contributed by atoms with van der Waals surface area (Å²) in [5.74, 6) is -0.376. The molecule has 0 unspecified atom stereocenters. The third kappa shape index (κ3) is 6.89. The number of hydrogen-bond acceptors (Lipinski definition) is 8. The van der Waals surface area contributed by atoms with Crippen molar-refractivity contribution in [2.45, 2.75) is 6.92 Å². The summed E-state index contributed by atoms with van der Waals surface area (Å²) < 4.78 is 6.92. The maximum atomic E-state index is 11.7. The van der Waals surface area contributed by atoms with Crippen molar-refractivity contribution in [2.24, 2.45) is 5.16 Å². The van der Waals surface area contributed by atoms with E-state index in [2.05, 4.69) is 9.99 Å². The standard InChI is InChI=1S/C11H20N4O5S2/c1-7-19-10(17)14(4)22-15(5)11(18)20-12-8(21-6)9(16)13(2)3/h7H2,1-6H3/b12-8-. The van der Waals surface area contributed by atoms with E-state index in [0.717, 1.165) is 32.5 Å². The highest BCUT2D eigenvalue weighted by Crippen LogP contribution is 2.15. The predicted molar refractivity (Wildman–Crippen MR) is 86.3 cm³/mol. The summed E-state index contributed by atoms with van der Waals surface area (Å²) in [5.41, 5.74) is 0. The van der Waals surface area contributed by atoms with Gasteiger partial charge in [0.1, 0.15) is 0 Å². The van der Waals surface area contributed by atoms with Crippen molar-refractivity contribution in [2.75, 3.05) is 41.1 Å². The fourth-order valence-corrected chi connectivity index (χ4v) is 2.01. The largest absolute Gasteiger partial charge is 0.449 e. The molecule has 0 heterocycles. The molecule has 3 amide bonds. The molecule has 0 saturated carbocycles. The van der Waals surface area contributed by atoms with Crippen LogP contribution in [0.4, 0.5) is 9.59 Å². The van der Waals surface area contributed by atoms with Crippen LogP contribution in [0.1, 0.15) is 6.92 Å². The summed E-state index contributed by atoms with van der Waals surface area (Å²) in [4.78, 5) is 40.8. The number of carbonyl (C=O) groups is 3. The quantitative estimate of drug-likeness (QED) is 0.249. The van der Waals surface area contributed by atoms with Gasteiger partial charge in [0, 0.05) is 28.2 Å². The Kier molecular flexibility index (Phi) is 9.42. The molecule has 0 N–H and O–H groups in total. The van der Waals surface area contributed by atoms with Gasteiger partial charge < -0.3 is 9.64 Å². The molecule has 0 aliphatic heterocycles. The van der Waals surface area contributed by atoms with Gasteiger partial charge in [0.2, 0.25) is 5.04 Å². The minimum absolute atomic E-state index is 0.0375. The van der Waals surface area contributed by atoms with Crippen LogP contribution in [0.15, 0.2) is 5.16 Å². The molecule has 0 atom stereocenters. The third-order valence-corrected chi connectivity index (χ3v) is 3.44. The van der Waals surface area contributed by atoms with E-state index < -0.39 is 12.2 Å². The molecule has 0 aliphatic rings.